The smallest absolute Gasteiger partial charge is 0.326 e. The first-order valence-corrected chi connectivity index (χ1v) is 12.7. The summed E-state index contributed by atoms with van der Waals surface area (Å²) < 4.78 is 21.6. The molecule has 2 atom stereocenters. The lowest BCUT2D eigenvalue weighted by molar-refractivity contribution is -0.141. The molecule has 7 heteroatoms. The molecular formula is C27H31FN2O4. The van der Waals surface area contributed by atoms with E-state index in [1.54, 1.807) is 6.07 Å². The van der Waals surface area contributed by atoms with Crippen LogP contribution in [-0.2, 0) is 4.79 Å². The predicted octanol–water partition coefficient (Wildman–Crippen LogP) is 4.74. The van der Waals surface area contributed by atoms with Gasteiger partial charge in [0.25, 0.3) is 5.91 Å². The SMILES string of the molecule is N#CC1CC(C(=O)O)N(C(=O)c2cc(C3CC3)c(OCC34CC5CC(CC(C5)C3)C4)cc2F)C1. The Morgan fingerprint density at radius 2 is 1.76 bits per heavy atom. The number of carboxylic acids is 1. The second kappa shape index (κ2) is 7.96. The molecule has 1 saturated heterocycles. The summed E-state index contributed by atoms with van der Waals surface area (Å²) >= 11 is 0. The number of carbonyl (C=O) groups is 2. The number of nitrogens with zero attached hydrogens (tertiary/aromatic N) is 2. The van der Waals surface area contributed by atoms with Gasteiger partial charge in [-0.2, -0.15) is 5.26 Å². The molecule has 1 heterocycles. The zero-order chi connectivity index (χ0) is 23.6. The van der Waals surface area contributed by atoms with E-state index in [-0.39, 0.29) is 29.9 Å². The van der Waals surface area contributed by atoms with E-state index in [4.69, 9.17) is 4.74 Å². The lowest BCUT2D eigenvalue weighted by atomic mass is 9.50. The molecule has 180 valence electrons. The van der Waals surface area contributed by atoms with Crippen LogP contribution in [0.5, 0.6) is 5.75 Å². The maximum absolute atomic E-state index is 15.3. The van der Waals surface area contributed by atoms with Gasteiger partial charge in [-0.15, -0.1) is 0 Å². The number of hydrogen-bond donors (Lipinski definition) is 1. The summed E-state index contributed by atoms with van der Waals surface area (Å²) in [6.45, 7) is 0.620. The molecule has 1 aliphatic heterocycles. The van der Waals surface area contributed by atoms with Crippen molar-refractivity contribution >= 4 is 11.9 Å². The Hall–Kier alpha value is -2.62. The summed E-state index contributed by atoms with van der Waals surface area (Å²) in [6, 6.07) is 3.87. The van der Waals surface area contributed by atoms with Crippen LogP contribution in [0.3, 0.4) is 0 Å². The van der Waals surface area contributed by atoms with Crippen molar-refractivity contribution in [3.8, 4) is 11.8 Å². The van der Waals surface area contributed by atoms with E-state index < -0.39 is 29.7 Å². The highest BCUT2D eigenvalue weighted by molar-refractivity contribution is 5.97. The fourth-order valence-electron chi connectivity index (χ4n) is 7.81. The van der Waals surface area contributed by atoms with Gasteiger partial charge in [-0.25, -0.2) is 9.18 Å². The third-order valence-electron chi connectivity index (χ3n) is 9.08. The van der Waals surface area contributed by atoms with E-state index in [0.29, 0.717) is 12.4 Å². The quantitative estimate of drug-likeness (QED) is 0.654. The van der Waals surface area contributed by atoms with E-state index in [9.17, 15) is 20.0 Å². The minimum Gasteiger partial charge on any atom is -0.493 e. The van der Waals surface area contributed by atoms with Gasteiger partial charge in [0, 0.05) is 18.0 Å². The van der Waals surface area contributed by atoms with Crippen molar-refractivity contribution in [3.05, 3.63) is 29.1 Å². The number of amides is 1. The topological polar surface area (TPSA) is 90.6 Å². The third-order valence-corrected chi connectivity index (χ3v) is 9.08. The Labute approximate surface area is 199 Å². The van der Waals surface area contributed by atoms with Crippen LogP contribution in [0.1, 0.15) is 79.6 Å². The van der Waals surface area contributed by atoms with E-state index in [2.05, 4.69) is 0 Å². The molecule has 5 saturated carbocycles. The van der Waals surface area contributed by atoms with Gasteiger partial charge in [-0.3, -0.25) is 4.79 Å². The first-order valence-electron chi connectivity index (χ1n) is 12.7. The van der Waals surface area contributed by atoms with Gasteiger partial charge in [-0.1, -0.05) is 0 Å². The van der Waals surface area contributed by atoms with Gasteiger partial charge < -0.3 is 14.7 Å². The van der Waals surface area contributed by atoms with Crippen LogP contribution in [0.2, 0.25) is 0 Å². The summed E-state index contributed by atoms with van der Waals surface area (Å²) in [6.07, 6.45) is 9.74. The number of nitriles is 1. The van der Waals surface area contributed by atoms with Crippen LogP contribution < -0.4 is 4.74 Å². The summed E-state index contributed by atoms with van der Waals surface area (Å²) in [7, 11) is 0. The number of aliphatic carboxylic acids is 1. The summed E-state index contributed by atoms with van der Waals surface area (Å²) in [5.74, 6) is 0.177. The van der Waals surface area contributed by atoms with Gasteiger partial charge in [-0.05, 0) is 93.1 Å². The van der Waals surface area contributed by atoms with E-state index in [1.165, 1.54) is 44.6 Å². The largest absolute Gasteiger partial charge is 0.493 e. The van der Waals surface area contributed by atoms with Gasteiger partial charge in [0.05, 0.1) is 24.2 Å². The zero-order valence-electron chi connectivity index (χ0n) is 19.3. The molecule has 7 rings (SSSR count). The average molecular weight is 467 g/mol. The Kier molecular flexibility index (Phi) is 5.13. The number of rotatable bonds is 6. The highest BCUT2D eigenvalue weighted by atomic mass is 19.1. The molecule has 0 aromatic heterocycles. The Bertz CT molecular complexity index is 1040. The standard InChI is InChI=1S/C27H31FN2O4/c28-22-8-24(34-14-27-9-15-3-16(10-27)5-17(4-15)11-27)20(19-1-2-19)7-21(22)25(31)30-13-18(12-29)6-23(30)26(32)33/h7-8,15-19,23H,1-6,9-11,13-14H2,(H,32,33). The zero-order valence-corrected chi connectivity index (χ0v) is 19.3. The molecule has 0 radical (unpaired) electrons. The van der Waals surface area contributed by atoms with Crippen molar-refractivity contribution in [2.45, 2.75) is 69.7 Å². The first-order chi connectivity index (χ1) is 16.3. The molecule has 2 unspecified atom stereocenters. The monoisotopic (exact) mass is 466 g/mol. The molecule has 4 bridgehead atoms. The summed E-state index contributed by atoms with van der Waals surface area (Å²) in [5, 5.41) is 18.8. The van der Waals surface area contributed by atoms with Crippen molar-refractivity contribution in [2.24, 2.45) is 29.1 Å². The molecule has 0 spiro atoms. The summed E-state index contributed by atoms with van der Waals surface area (Å²) in [4.78, 5) is 26.0. The van der Waals surface area contributed by atoms with Gasteiger partial charge in [0.1, 0.15) is 17.6 Å². The molecule has 34 heavy (non-hydrogen) atoms. The van der Waals surface area contributed by atoms with Crippen molar-refractivity contribution in [3.63, 3.8) is 0 Å². The molecule has 1 aromatic carbocycles. The number of benzene rings is 1. The molecular weight excluding hydrogens is 435 g/mol. The lowest BCUT2D eigenvalue weighted by Gasteiger charge is -2.56. The van der Waals surface area contributed by atoms with Crippen LogP contribution in [0, 0.1) is 46.2 Å². The van der Waals surface area contributed by atoms with E-state index in [0.717, 1.165) is 41.1 Å². The van der Waals surface area contributed by atoms with E-state index in [1.807, 2.05) is 6.07 Å². The molecule has 6 fully saturated rings. The van der Waals surface area contributed by atoms with Crippen LogP contribution in [0.15, 0.2) is 12.1 Å². The minimum atomic E-state index is -1.16. The van der Waals surface area contributed by atoms with Crippen LogP contribution in [0.4, 0.5) is 4.39 Å². The van der Waals surface area contributed by atoms with Gasteiger partial charge >= 0.3 is 5.97 Å². The Morgan fingerprint density at radius 1 is 1.12 bits per heavy atom. The molecule has 1 aromatic rings. The fourth-order valence-corrected chi connectivity index (χ4v) is 7.81. The normalized spacial score (nSPS) is 35.9. The minimum absolute atomic E-state index is 0.00870. The average Bonchev–Trinajstić information content (AvgIpc) is 3.53. The molecule has 6 aliphatic rings. The van der Waals surface area contributed by atoms with Crippen molar-refractivity contribution in [2.75, 3.05) is 13.2 Å². The molecule has 1 amide bonds. The number of ether oxygens (including phenoxy) is 1. The Balaban J connectivity index is 1.24. The maximum Gasteiger partial charge on any atom is 0.326 e. The van der Waals surface area contributed by atoms with Crippen LogP contribution in [-0.4, -0.2) is 41.1 Å². The third kappa shape index (κ3) is 3.76. The van der Waals surface area contributed by atoms with Gasteiger partial charge in [0.15, 0.2) is 0 Å². The maximum atomic E-state index is 15.3. The van der Waals surface area contributed by atoms with Crippen molar-refractivity contribution in [1.29, 1.82) is 5.26 Å². The first kappa shape index (κ1) is 21.9. The van der Waals surface area contributed by atoms with Crippen LogP contribution in [0.25, 0.3) is 0 Å². The number of carboxylic acid groups (broad SMARTS) is 1. The predicted molar refractivity (Wildman–Crippen MR) is 121 cm³/mol. The second-order valence-corrected chi connectivity index (χ2v) is 11.7. The lowest BCUT2D eigenvalue weighted by Crippen LogP contribution is -2.48. The summed E-state index contributed by atoms with van der Waals surface area (Å²) in [5.41, 5.74) is 0.947. The fraction of sp³-hybridized carbons (Fsp3) is 0.667. The number of halogens is 1. The molecule has 5 aliphatic carbocycles. The van der Waals surface area contributed by atoms with Gasteiger partial charge in [0.2, 0.25) is 0 Å². The van der Waals surface area contributed by atoms with Crippen LogP contribution >= 0.6 is 0 Å². The van der Waals surface area contributed by atoms with Crippen molar-refractivity contribution < 1.29 is 23.8 Å². The highest BCUT2D eigenvalue weighted by Crippen LogP contribution is 2.60. The van der Waals surface area contributed by atoms with Crippen molar-refractivity contribution in [1.82, 2.24) is 4.90 Å². The number of likely N-dealkylation sites (tertiary alicyclic amines) is 1. The second-order valence-electron chi connectivity index (χ2n) is 11.7. The number of hydrogen-bond acceptors (Lipinski definition) is 4. The van der Waals surface area contributed by atoms with E-state index >= 15 is 4.39 Å². The Morgan fingerprint density at radius 3 is 2.32 bits per heavy atom. The number of carbonyl (C=O) groups excluding carboxylic acids is 1. The highest BCUT2D eigenvalue weighted by Gasteiger charge is 2.51. The molecule has 1 N–H and O–H groups in total. The molecule has 6 nitrogen and oxygen atoms in total.